The largest absolute Gasteiger partial charge is 0.326 e. The van der Waals surface area contributed by atoms with Crippen LogP contribution in [0.3, 0.4) is 0 Å². The first-order chi connectivity index (χ1) is 9.63. The Morgan fingerprint density at radius 2 is 1.50 bits per heavy atom. The standard InChI is InChI=1S/C16H13F2NO/c17-11-3-1-10(2-4-11)14-9-15(14)16(20)19-13-7-5-12(18)6-8-13/h1-8,14-15H,9H2,(H,19,20). The number of halogens is 2. The van der Waals surface area contributed by atoms with Gasteiger partial charge in [0.25, 0.3) is 0 Å². The highest BCUT2D eigenvalue weighted by Crippen LogP contribution is 2.47. The van der Waals surface area contributed by atoms with Crippen molar-refractivity contribution < 1.29 is 13.6 Å². The summed E-state index contributed by atoms with van der Waals surface area (Å²) in [5.41, 5.74) is 1.56. The number of rotatable bonds is 3. The minimum Gasteiger partial charge on any atom is -0.326 e. The molecule has 0 spiro atoms. The highest BCUT2D eigenvalue weighted by Gasteiger charge is 2.43. The van der Waals surface area contributed by atoms with Crippen molar-refractivity contribution in [2.45, 2.75) is 12.3 Å². The molecule has 0 bridgehead atoms. The number of hydrogen-bond acceptors (Lipinski definition) is 1. The predicted molar refractivity (Wildman–Crippen MR) is 72.3 cm³/mol. The van der Waals surface area contributed by atoms with Crippen molar-refractivity contribution in [3.63, 3.8) is 0 Å². The van der Waals surface area contributed by atoms with Crippen molar-refractivity contribution >= 4 is 11.6 Å². The molecule has 1 aliphatic rings. The van der Waals surface area contributed by atoms with Gasteiger partial charge in [0.2, 0.25) is 5.91 Å². The van der Waals surface area contributed by atoms with Crippen LogP contribution in [0.25, 0.3) is 0 Å². The Balaban J connectivity index is 1.62. The summed E-state index contributed by atoms with van der Waals surface area (Å²) in [6.07, 6.45) is 0.763. The zero-order valence-corrected chi connectivity index (χ0v) is 10.6. The van der Waals surface area contributed by atoms with Gasteiger partial charge < -0.3 is 5.32 Å². The molecule has 0 radical (unpaired) electrons. The molecule has 1 saturated carbocycles. The number of benzene rings is 2. The summed E-state index contributed by atoms with van der Waals surface area (Å²) in [5.74, 6) is -0.632. The van der Waals surface area contributed by atoms with Crippen molar-refractivity contribution in [3.05, 3.63) is 65.7 Å². The molecule has 1 aliphatic carbocycles. The van der Waals surface area contributed by atoms with Crippen LogP contribution in [0.5, 0.6) is 0 Å². The first kappa shape index (κ1) is 12.8. The third-order valence-electron chi connectivity index (χ3n) is 3.54. The maximum atomic E-state index is 12.8. The van der Waals surface area contributed by atoms with Gasteiger partial charge in [0.1, 0.15) is 11.6 Å². The second-order valence-corrected chi connectivity index (χ2v) is 5.00. The van der Waals surface area contributed by atoms with E-state index in [0.29, 0.717) is 5.69 Å². The molecule has 3 rings (SSSR count). The molecule has 0 aromatic heterocycles. The zero-order chi connectivity index (χ0) is 14.1. The molecule has 2 aromatic rings. The van der Waals surface area contributed by atoms with E-state index in [1.54, 1.807) is 12.1 Å². The van der Waals surface area contributed by atoms with Gasteiger partial charge >= 0.3 is 0 Å². The average molecular weight is 273 g/mol. The number of carbonyl (C=O) groups is 1. The minimum atomic E-state index is -0.335. The van der Waals surface area contributed by atoms with Crippen LogP contribution in [-0.4, -0.2) is 5.91 Å². The van der Waals surface area contributed by atoms with Gasteiger partial charge in [-0.25, -0.2) is 8.78 Å². The van der Waals surface area contributed by atoms with Crippen LogP contribution in [0.15, 0.2) is 48.5 Å². The summed E-state index contributed by atoms with van der Waals surface area (Å²) in [6.45, 7) is 0. The fraction of sp³-hybridized carbons (Fsp3) is 0.188. The monoisotopic (exact) mass is 273 g/mol. The van der Waals surface area contributed by atoms with Gasteiger partial charge in [0, 0.05) is 11.6 Å². The van der Waals surface area contributed by atoms with Crippen LogP contribution in [0, 0.1) is 17.6 Å². The molecular weight excluding hydrogens is 260 g/mol. The summed E-state index contributed by atoms with van der Waals surface area (Å²) < 4.78 is 25.6. The molecule has 0 heterocycles. The second-order valence-electron chi connectivity index (χ2n) is 5.00. The van der Waals surface area contributed by atoms with E-state index < -0.39 is 0 Å². The zero-order valence-electron chi connectivity index (χ0n) is 10.6. The molecule has 2 unspecified atom stereocenters. The first-order valence-corrected chi connectivity index (χ1v) is 6.45. The maximum absolute atomic E-state index is 12.8. The minimum absolute atomic E-state index is 0.0778. The van der Waals surface area contributed by atoms with E-state index in [2.05, 4.69) is 5.32 Å². The molecule has 0 aliphatic heterocycles. The summed E-state index contributed by atoms with van der Waals surface area (Å²) in [5, 5.41) is 2.76. The van der Waals surface area contributed by atoms with Gasteiger partial charge in [-0.15, -0.1) is 0 Å². The molecular formula is C16H13F2NO. The van der Waals surface area contributed by atoms with E-state index in [1.807, 2.05) is 0 Å². The number of carbonyl (C=O) groups excluding carboxylic acids is 1. The second kappa shape index (κ2) is 5.04. The normalized spacial score (nSPS) is 20.5. The lowest BCUT2D eigenvalue weighted by Crippen LogP contribution is -2.14. The third kappa shape index (κ3) is 2.69. The highest BCUT2D eigenvalue weighted by atomic mass is 19.1. The molecule has 102 valence electrons. The Labute approximate surface area is 115 Å². The van der Waals surface area contributed by atoms with E-state index >= 15 is 0 Å². The number of anilines is 1. The topological polar surface area (TPSA) is 29.1 Å². The Bertz CT molecular complexity index is 622. The van der Waals surface area contributed by atoms with Crippen molar-refractivity contribution in [2.24, 2.45) is 5.92 Å². The van der Waals surface area contributed by atoms with E-state index in [9.17, 15) is 13.6 Å². The average Bonchev–Trinajstić information content (AvgIpc) is 3.23. The van der Waals surface area contributed by atoms with Gasteiger partial charge in [0.05, 0.1) is 0 Å². The van der Waals surface area contributed by atoms with Gasteiger partial charge in [-0.1, -0.05) is 12.1 Å². The Hall–Kier alpha value is -2.23. The number of nitrogens with one attached hydrogen (secondary N) is 1. The van der Waals surface area contributed by atoms with Gasteiger partial charge in [-0.3, -0.25) is 4.79 Å². The van der Waals surface area contributed by atoms with E-state index in [1.165, 1.54) is 36.4 Å². The Morgan fingerprint density at radius 3 is 2.10 bits per heavy atom. The summed E-state index contributed by atoms with van der Waals surface area (Å²) in [4.78, 5) is 12.0. The summed E-state index contributed by atoms with van der Waals surface area (Å²) in [6, 6.07) is 11.9. The summed E-state index contributed by atoms with van der Waals surface area (Å²) >= 11 is 0. The third-order valence-corrected chi connectivity index (χ3v) is 3.54. The van der Waals surface area contributed by atoms with Crippen LogP contribution in [0.4, 0.5) is 14.5 Å². The van der Waals surface area contributed by atoms with E-state index in [-0.39, 0.29) is 29.4 Å². The smallest absolute Gasteiger partial charge is 0.228 e. The maximum Gasteiger partial charge on any atom is 0.228 e. The van der Waals surface area contributed by atoms with Crippen LogP contribution in [0.2, 0.25) is 0 Å². The molecule has 20 heavy (non-hydrogen) atoms. The number of hydrogen-bond donors (Lipinski definition) is 1. The fourth-order valence-corrected chi connectivity index (χ4v) is 2.33. The van der Waals surface area contributed by atoms with Crippen molar-refractivity contribution in [3.8, 4) is 0 Å². The SMILES string of the molecule is O=C(Nc1ccc(F)cc1)C1CC1c1ccc(F)cc1. The first-order valence-electron chi connectivity index (χ1n) is 6.45. The molecule has 0 saturated heterocycles. The highest BCUT2D eigenvalue weighted by molar-refractivity contribution is 5.95. The molecule has 2 atom stereocenters. The lowest BCUT2D eigenvalue weighted by molar-refractivity contribution is -0.117. The van der Waals surface area contributed by atoms with Gasteiger partial charge in [0.15, 0.2) is 0 Å². The molecule has 4 heteroatoms. The molecule has 1 amide bonds. The van der Waals surface area contributed by atoms with Gasteiger partial charge in [-0.05, 0) is 54.3 Å². The number of amides is 1. The quantitative estimate of drug-likeness (QED) is 0.907. The molecule has 1 N–H and O–H groups in total. The molecule has 2 nitrogen and oxygen atoms in total. The fourth-order valence-electron chi connectivity index (χ4n) is 2.33. The van der Waals surface area contributed by atoms with Crippen LogP contribution in [-0.2, 0) is 4.79 Å². The van der Waals surface area contributed by atoms with E-state index in [0.717, 1.165) is 12.0 Å². The lowest BCUT2D eigenvalue weighted by atomic mass is 10.1. The summed E-state index contributed by atoms with van der Waals surface area (Å²) in [7, 11) is 0. The predicted octanol–water partition coefficient (Wildman–Crippen LogP) is 3.71. The van der Waals surface area contributed by atoms with Crippen LogP contribution in [0.1, 0.15) is 17.9 Å². The lowest BCUT2D eigenvalue weighted by Gasteiger charge is -2.05. The Morgan fingerprint density at radius 1 is 0.950 bits per heavy atom. The van der Waals surface area contributed by atoms with E-state index in [4.69, 9.17) is 0 Å². The molecule has 2 aromatic carbocycles. The van der Waals surface area contributed by atoms with Crippen LogP contribution >= 0.6 is 0 Å². The van der Waals surface area contributed by atoms with Crippen molar-refractivity contribution in [2.75, 3.05) is 5.32 Å². The molecule has 1 fully saturated rings. The Kier molecular flexibility index (Phi) is 3.22. The van der Waals surface area contributed by atoms with Crippen LogP contribution < -0.4 is 5.32 Å². The van der Waals surface area contributed by atoms with Gasteiger partial charge in [-0.2, -0.15) is 0 Å². The van der Waals surface area contributed by atoms with Crippen molar-refractivity contribution in [1.29, 1.82) is 0 Å². The van der Waals surface area contributed by atoms with Crippen molar-refractivity contribution in [1.82, 2.24) is 0 Å².